The number of hydrogen-bond donors (Lipinski definition) is 2. The van der Waals surface area contributed by atoms with Gasteiger partial charge in [0, 0.05) is 29.9 Å². The highest BCUT2D eigenvalue weighted by Gasteiger charge is 2.20. The van der Waals surface area contributed by atoms with Crippen LogP contribution in [0.15, 0.2) is 65.8 Å². The largest absolute Gasteiger partial charge is 0.346 e. The molecule has 2 aromatic heterocycles. The normalized spacial score (nSPS) is 11.8. The van der Waals surface area contributed by atoms with Crippen LogP contribution in [0.5, 0.6) is 0 Å². The number of halogens is 1. The molecule has 2 aromatic carbocycles. The maximum absolute atomic E-state index is 15.0. The molecule has 6 nitrogen and oxygen atoms in total. The van der Waals surface area contributed by atoms with E-state index in [2.05, 4.69) is 19.7 Å². The molecule has 0 saturated heterocycles. The summed E-state index contributed by atoms with van der Waals surface area (Å²) in [5.74, 6) is -0.263. The van der Waals surface area contributed by atoms with Crippen LogP contribution in [0.25, 0.3) is 33.5 Å². The van der Waals surface area contributed by atoms with Gasteiger partial charge in [-0.1, -0.05) is 37.6 Å². The van der Waals surface area contributed by atoms with Gasteiger partial charge in [0.1, 0.15) is 11.5 Å². The Labute approximate surface area is 174 Å². The fourth-order valence-electron chi connectivity index (χ4n) is 3.23. The number of benzene rings is 2. The number of nitrogens with one attached hydrogen (secondary N) is 2. The first-order chi connectivity index (χ1) is 14.5. The van der Waals surface area contributed by atoms with Crippen LogP contribution in [0.1, 0.15) is 19.8 Å². The van der Waals surface area contributed by atoms with E-state index in [1.807, 2.05) is 13.0 Å². The van der Waals surface area contributed by atoms with Gasteiger partial charge in [-0.15, -0.1) is 0 Å². The average molecular weight is 425 g/mol. The minimum absolute atomic E-state index is 0.123. The summed E-state index contributed by atoms with van der Waals surface area (Å²) in [6, 6.07) is 13.0. The van der Waals surface area contributed by atoms with Crippen molar-refractivity contribution in [2.75, 3.05) is 6.54 Å². The highest BCUT2D eigenvalue weighted by molar-refractivity contribution is 7.89. The van der Waals surface area contributed by atoms with Crippen molar-refractivity contribution in [2.24, 2.45) is 0 Å². The maximum Gasteiger partial charge on any atom is 0.241 e. The zero-order valence-corrected chi connectivity index (χ0v) is 17.2. The molecule has 0 aliphatic heterocycles. The Hall–Kier alpha value is -3.10. The van der Waals surface area contributed by atoms with Crippen LogP contribution >= 0.6 is 0 Å². The number of rotatable bonds is 7. The molecule has 0 radical (unpaired) electrons. The summed E-state index contributed by atoms with van der Waals surface area (Å²) in [4.78, 5) is 11.7. The van der Waals surface area contributed by atoms with Gasteiger partial charge in [-0.25, -0.2) is 27.5 Å². The third-order valence-electron chi connectivity index (χ3n) is 4.82. The second-order valence-electron chi connectivity index (χ2n) is 6.92. The molecule has 8 heteroatoms. The molecule has 4 aromatic rings. The number of hydrogen-bond acceptors (Lipinski definition) is 4. The topological polar surface area (TPSA) is 87.7 Å². The van der Waals surface area contributed by atoms with Gasteiger partial charge in [0.05, 0.1) is 10.5 Å². The second-order valence-corrected chi connectivity index (χ2v) is 8.65. The van der Waals surface area contributed by atoms with E-state index in [0.29, 0.717) is 23.3 Å². The number of nitrogens with zero attached hydrogens (tertiary/aromatic N) is 2. The summed E-state index contributed by atoms with van der Waals surface area (Å²) in [6.45, 7) is 2.35. The minimum Gasteiger partial charge on any atom is -0.346 e. The highest BCUT2D eigenvalue weighted by atomic mass is 32.2. The molecule has 0 fully saturated rings. The third-order valence-corrected chi connectivity index (χ3v) is 6.34. The minimum atomic E-state index is -3.71. The molecule has 0 atom stereocenters. The summed E-state index contributed by atoms with van der Waals surface area (Å²) in [7, 11) is -3.71. The molecule has 0 aliphatic carbocycles. The van der Waals surface area contributed by atoms with Gasteiger partial charge in [0.2, 0.25) is 10.0 Å². The molecule has 0 bridgehead atoms. The fraction of sp³-hybridized carbons (Fsp3) is 0.182. The maximum atomic E-state index is 15.0. The summed E-state index contributed by atoms with van der Waals surface area (Å²) >= 11 is 0. The lowest BCUT2D eigenvalue weighted by molar-refractivity contribution is 0.578. The zero-order valence-electron chi connectivity index (χ0n) is 16.4. The molecule has 30 heavy (non-hydrogen) atoms. The van der Waals surface area contributed by atoms with Gasteiger partial charge in [0.15, 0.2) is 5.82 Å². The number of sulfonamides is 1. The van der Waals surface area contributed by atoms with E-state index in [-0.39, 0.29) is 16.3 Å². The van der Waals surface area contributed by atoms with Crippen LogP contribution in [0.2, 0.25) is 0 Å². The van der Waals surface area contributed by atoms with E-state index < -0.39 is 15.8 Å². The molecule has 4 rings (SSSR count). The van der Waals surface area contributed by atoms with Crippen molar-refractivity contribution in [1.29, 1.82) is 0 Å². The van der Waals surface area contributed by atoms with Gasteiger partial charge >= 0.3 is 0 Å². The first kappa shape index (κ1) is 20.2. The van der Waals surface area contributed by atoms with Crippen LogP contribution < -0.4 is 4.72 Å². The molecule has 154 valence electrons. The van der Waals surface area contributed by atoms with Gasteiger partial charge in [-0.3, -0.25) is 0 Å². The van der Waals surface area contributed by atoms with Crippen molar-refractivity contribution in [3.05, 3.63) is 66.7 Å². The van der Waals surface area contributed by atoms with E-state index in [1.165, 1.54) is 12.1 Å². The van der Waals surface area contributed by atoms with Crippen molar-refractivity contribution in [3.63, 3.8) is 0 Å². The monoisotopic (exact) mass is 424 g/mol. The van der Waals surface area contributed by atoms with Crippen LogP contribution in [0.4, 0.5) is 4.39 Å². The van der Waals surface area contributed by atoms with Crippen LogP contribution in [0.3, 0.4) is 0 Å². The molecule has 0 unspecified atom stereocenters. The van der Waals surface area contributed by atoms with Crippen LogP contribution in [-0.4, -0.2) is 29.9 Å². The highest BCUT2D eigenvalue weighted by Crippen LogP contribution is 2.31. The van der Waals surface area contributed by atoms with Gasteiger partial charge in [-0.2, -0.15) is 0 Å². The smallest absolute Gasteiger partial charge is 0.241 e. The first-order valence-electron chi connectivity index (χ1n) is 9.68. The average Bonchev–Trinajstić information content (AvgIpc) is 3.21. The van der Waals surface area contributed by atoms with Crippen molar-refractivity contribution < 1.29 is 12.8 Å². The zero-order chi connectivity index (χ0) is 21.1. The predicted octanol–water partition coefficient (Wildman–Crippen LogP) is 4.51. The van der Waals surface area contributed by atoms with Crippen molar-refractivity contribution in [1.82, 2.24) is 19.7 Å². The lowest BCUT2D eigenvalue weighted by atomic mass is 10.0. The van der Waals surface area contributed by atoms with E-state index in [9.17, 15) is 12.8 Å². The Morgan fingerprint density at radius 3 is 2.73 bits per heavy atom. The van der Waals surface area contributed by atoms with Crippen LogP contribution in [0, 0.1) is 5.82 Å². The number of fused-ring (bicyclic) bond motifs is 1. The van der Waals surface area contributed by atoms with Crippen molar-refractivity contribution >= 4 is 21.1 Å². The predicted molar refractivity (Wildman–Crippen MR) is 115 cm³/mol. The summed E-state index contributed by atoms with van der Waals surface area (Å²) < 4.78 is 43.1. The van der Waals surface area contributed by atoms with E-state index in [0.717, 1.165) is 18.2 Å². The van der Waals surface area contributed by atoms with Crippen molar-refractivity contribution in [2.45, 2.75) is 24.7 Å². The first-order valence-corrected chi connectivity index (χ1v) is 11.2. The summed E-state index contributed by atoms with van der Waals surface area (Å²) in [5.41, 5.74) is 1.77. The molecule has 0 amide bonds. The molecular formula is C22H21FN4O2S. The molecule has 0 saturated carbocycles. The Morgan fingerprint density at radius 1 is 1.10 bits per heavy atom. The Kier molecular flexibility index (Phi) is 5.61. The van der Waals surface area contributed by atoms with E-state index in [1.54, 1.807) is 42.7 Å². The van der Waals surface area contributed by atoms with Crippen LogP contribution in [-0.2, 0) is 10.0 Å². The Balaban J connectivity index is 1.71. The second kappa shape index (κ2) is 8.33. The summed E-state index contributed by atoms with van der Waals surface area (Å²) in [6.07, 6.45) is 5.00. The lowest BCUT2D eigenvalue weighted by Gasteiger charge is -2.12. The number of unbranched alkanes of at least 4 members (excludes halogenated alkanes) is 1. The van der Waals surface area contributed by atoms with Gasteiger partial charge in [0.25, 0.3) is 0 Å². The standard InChI is InChI=1S/C22H21FN4O2S/c1-2-3-11-26-30(28,29)20-7-5-4-6-17(20)15-8-9-18(19(23)13-15)22-25-14-16-10-12-24-21(16)27-22/h4-10,12-14,26H,2-3,11H2,1H3,(H,24,25,27). The van der Waals surface area contributed by atoms with E-state index in [4.69, 9.17) is 0 Å². The quantitative estimate of drug-likeness (QED) is 0.427. The SMILES string of the molecule is CCCCNS(=O)(=O)c1ccccc1-c1ccc(-c2ncc3cc[nH]c3n2)c(F)c1. The van der Waals surface area contributed by atoms with E-state index >= 15 is 0 Å². The van der Waals surface area contributed by atoms with Gasteiger partial charge < -0.3 is 4.98 Å². The summed E-state index contributed by atoms with van der Waals surface area (Å²) in [5, 5.41) is 0.838. The molecule has 2 N–H and O–H groups in total. The Morgan fingerprint density at radius 2 is 1.93 bits per heavy atom. The molecular weight excluding hydrogens is 403 g/mol. The number of H-pyrrole nitrogens is 1. The molecule has 2 heterocycles. The molecule has 0 spiro atoms. The van der Waals surface area contributed by atoms with Gasteiger partial charge in [-0.05, 0) is 36.2 Å². The fourth-order valence-corrected chi connectivity index (χ4v) is 4.54. The lowest BCUT2D eigenvalue weighted by Crippen LogP contribution is -2.25. The number of aromatic amines is 1. The molecule has 0 aliphatic rings. The Bertz CT molecular complexity index is 1300. The number of aromatic nitrogens is 3. The van der Waals surface area contributed by atoms with Crippen molar-refractivity contribution in [3.8, 4) is 22.5 Å². The third kappa shape index (κ3) is 3.96.